The quantitative estimate of drug-likeness (QED) is 0.843. The third-order valence-corrected chi connectivity index (χ3v) is 4.70. The first kappa shape index (κ1) is 17.9. The lowest BCUT2D eigenvalue weighted by Crippen LogP contribution is -2.42. The number of benzene rings is 2. The third-order valence-electron chi connectivity index (χ3n) is 4.70. The standard InChI is InChI=1S/C22H24N2O2/c25-21(12-11-18-7-3-1-4-8-18)24-15-13-20(14-16-24)22(26)23-17-19-9-5-2-6-10-19/h1-12,20H,13-17H2,(H,23,26). The molecule has 0 bridgehead atoms. The monoisotopic (exact) mass is 348 g/mol. The van der Waals surface area contributed by atoms with Gasteiger partial charge in [-0.05, 0) is 30.0 Å². The van der Waals surface area contributed by atoms with Crippen LogP contribution in [0, 0.1) is 5.92 Å². The van der Waals surface area contributed by atoms with Gasteiger partial charge in [-0.15, -0.1) is 0 Å². The molecule has 1 heterocycles. The van der Waals surface area contributed by atoms with Gasteiger partial charge < -0.3 is 10.2 Å². The van der Waals surface area contributed by atoms with E-state index in [0.29, 0.717) is 32.5 Å². The van der Waals surface area contributed by atoms with Gasteiger partial charge in [0.1, 0.15) is 0 Å². The summed E-state index contributed by atoms with van der Waals surface area (Å²) in [5.41, 5.74) is 2.11. The van der Waals surface area contributed by atoms with Crippen LogP contribution in [0.25, 0.3) is 6.08 Å². The van der Waals surface area contributed by atoms with Gasteiger partial charge in [0.2, 0.25) is 11.8 Å². The Hall–Kier alpha value is -2.88. The maximum absolute atomic E-state index is 12.3. The molecule has 4 nitrogen and oxygen atoms in total. The average molecular weight is 348 g/mol. The number of rotatable bonds is 5. The molecule has 26 heavy (non-hydrogen) atoms. The van der Waals surface area contributed by atoms with Crippen molar-refractivity contribution in [3.05, 3.63) is 77.9 Å². The molecule has 0 unspecified atom stereocenters. The van der Waals surface area contributed by atoms with Crippen LogP contribution in [0.4, 0.5) is 0 Å². The van der Waals surface area contributed by atoms with E-state index in [4.69, 9.17) is 0 Å². The molecule has 1 saturated heterocycles. The zero-order chi connectivity index (χ0) is 18.2. The van der Waals surface area contributed by atoms with Crippen molar-refractivity contribution in [2.75, 3.05) is 13.1 Å². The molecule has 0 atom stereocenters. The highest BCUT2D eigenvalue weighted by Gasteiger charge is 2.26. The molecule has 0 saturated carbocycles. The highest BCUT2D eigenvalue weighted by atomic mass is 16.2. The van der Waals surface area contributed by atoms with E-state index in [1.807, 2.05) is 71.6 Å². The number of likely N-dealkylation sites (tertiary alicyclic amines) is 1. The van der Waals surface area contributed by atoms with Crippen LogP contribution in [0.1, 0.15) is 24.0 Å². The number of carbonyl (C=O) groups is 2. The maximum Gasteiger partial charge on any atom is 0.246 e. The number of hydrogen-bond acceptors (Lipinski definition) is 2. The van der Waals surface area contributed by atoms with Crippen LogP contribution >= 0.6 is 0 Å². The Morgan fingerprint density at radius 2 is 1.58 bits per heavy atom. The summed E-state index contributed by atoms with van der Waals surface area (Å²) in [5, 5.41) is 3.00. The molecule has 1 fully saturated rings. The van der Waals surface area contributed by atoms with Crippen molar-refractivity contribution in [1.82, 2.24) is 10.2 Å². The first-order valence-corrected chi connectivity index (χ1v) is 9.06. The Morgan fingerprint density at radius 1 is 0.962 bits per heavy atom. The topological polar surface area (TPSA) is 49.4 Å². The summed E-state index contributed by atoms with van der Waals surface area (Å²) in [4.78, 5) is 26.4. The first-order valence-electron chi connectivity index (χ1n) is 9.06. The molecule has 3 rings (SSSR count). The molecule has 2 aromatic carbocycles. The van der Waals surface area contributed by atoms with Gasteiger partial charge in [0.05, 0.1) is 0 Å². The van der Waals surface area contributed by atoms with Crippen molar-refractivity contribution < 1.29 is 9.59 Å². The molecule has 2 aromatic rings. The van der Waals surface area contributed by atoms with Crippen LogP contribution in [0.15, 0.2) is 66.7 Å². The molecular weight excluding hydrogens is 324 g/mol. The van der Waals surface area contributed by atoms with Crippen LogP contribution in [-0.4, -0.2) is 29.8 Å². The number of nitrogens with zero attached hydrogens (tertiary/aromatic N) is 1. The molecule has 134 valence electrons. The minimum Gasteiger partial charge on any atom is -0.352 e. The van der Waals surface area contributed by atoms with Crippen molar-refractivity contribution in [3.63, 3.8) is 0 Å². The second-order valence-corrected chi connectivity index (χ2v) is 6.55. The van der Waals surface area contributed by atoms with Crippen LogP contribution in [0.3, 0.4) is 0 Å². The molecule has 1 aliphatic heterocycles. The van der Waals surface area contributed by atoms with E-state index in [-0.39, 0.29) is 17.7 Å². The van der Waals surface area contributed by atoms with Gasteiger partial charge in [-0.3, -0.25) is 9.59 Å². The second-order valence-electron chi connectivity index (χ2n) is 6.55. The fourth-order valence-electron chi connectivity index (χ4n) is 3.13. The largest absolute Gasteiger partial charge is 0.352 e. The van der Waals surface area contributed by atoms with Crippen molar-refractivity contribution in [3.8, 4) is 0 Å². The average Bonchev–Trinajstić information content (AvgIpc) is 2.72. The van der Waals surface area contributed by atoms with Crippen molar-refractivity contribution in [2.24, 2.45) is 5.92 Å². The molecule has 0 aromatic heterocycles. The Kier molecular flexibility index (Phi) is 6.20. The third kappa shape index (κ3) is 5.06. The Labute approximate surface area is 154 Å². The summed E-state index contributed by atoms with van der Waals surface area (Å²) in [6, 6.07) is 19.7. The maximum atomic E-state index is 12.3. The van der Waals surface area contributed by atoms with Crippen LogP contribution in [0.2, 0.25) is 0 Å². The minimum absolute atomic E-state index is 0.0111. The van der Waals surface area contributed by atoms with Crippen molar-refractivity contribution in [2.45, 2.75) is 19.4 Å². The molecule has 0 radical (unpaired) electrons. The minimum atomic E-state index is -0.0131. The SMILES string of the molecule is O=C(NCc1ccccc1)C1CCN(C(=O)C=Cc2ccccc2)CC1. The van der Waals surface area contributed by atoms with E-state index < -0.39 is 0 Å². The molecule has 1 aliphatic rings. The molecular formula is C22H24N2O2. The number of carbonyl (C=O) groups excluding carboxylic acids is 2. The Balaban J connectivity index is 1.44. The summed E-state index contributed by atoms with van der Waals surface area (Å²) < 4.78 is 0. The summed E-state index contributed by atoms with van der Waals surface area (Å²) in [7, 11) is 0. The van der Waals surface area contributed by atoms with Crippen LogP contribution in [-0.2, 0) is 16.1 Å². The molecule has 1 N–H and O–H groups in total. The van der Waals surface area contributed by atoms with E-state index in [0.717, 1.165) is 11.1 Å². The normalized spacial score (nSPS) is 15.2. The highest BCUT2D eigenvalue weighted by Crippen LogP contribution is 2.18. The van der Waals surface area contributed by atoms with Gasteiger partial charge in [0, 0.05) is 31.6 Å². The van der Waals surface area contributed by atoms with E-state index >= 15 is 0 Å². The fraction of sp³-hybridized carbons (Fsp3) is 0.273. The fourth-order valence-corrected chi connectivity index (χ4v) is 3.13. The number of piperidine rings is 1. The summed E-state index contributed by atoms with van der Waals surface area (Å²) >= 11 is 0. The zero-order valence-corrected chi connectivity index (χ0v) is 14.8. The lowest BCUT2D eigenvalue weighted by atomic mass is 9.95. The molecule has 0 spiro atoms. The van der Waals surface area contributed by atoms with Crippen LogP contribution in [0.5, 0.6) is 0 Å². The van der Waals surface area contributed by atoms with Crippen molar-refractivity contribution in [1.29, 1.82) is 0 Å². The lowest BCUT2D eigenvalue weighted by molar-refractivity contribution is -0.132. The van der Waals surface area contributed by atoms with E-state index in [1.54, 1.807) is 6.08 Å². The Morgan fingerprint density at radius 3 is 2.23 bits per heavy atom. The molecule has 0 aliphatic carbocycles. The van der Waals surface area contributed by atoms with E-state index in [9.17, 15) is 9.59 Å². The van der Waals surface area contributed by atoms with Gasteiger partial charge in [-0.2, -0.15) is 0 Å². The summed E-state index contributed by atoms with van der Waals surface area (Å²) in [5.74, 6) is 0.0821. The zero-order valence-electron chi connectivity index (χ0n) is 14.8. The Bertz CT molecular complexity index is 748. The molecule has 4 heteroatoms. The van der Waals surface area contributed by atoms with Gasteiger partial charge in [0.15, 0.2) is 0 Å². The predicted molar refractivity (Wildman–Crippen MR) is 103 cm³/mol. The van der Waals surface area contributed by atoms with Gasteiger partial charge in [-0.25, -0.2) is 0 Å². The van der Waals surface area contributed by atoms with E-state index in [1.165, 1.54) is 0 Å². The van der Waals surface area contributed by atoms with Gasteiger partial charge in [-0.1, -0.05) is 60.7 Å². The number of nitrogens with one attached hydrogen (secondary N) is 1. The van der Waals surface area contributed by atoms with Gasteiger partial charge >= 0.3 is 0 Å². The van der Waals surface area contributed by atoms with Crippen molar-refractivity contribution >= 4 is 17.9 Å². The summed E-state index contributed by atoms with van der Waals surface area (Å²) in [6.45, 7) is 1.81. The number of amides is 2. The second kappa shape index (κ2) is 8.99. The van der Waals surface area contributed by atoms with E-state index in [2.05, 4.69) is 5.32 Å². The highest BCUT2D eigenvalue weighted by molar-refractivity contribution is 5.92. The first-order chi connectivity index (χ1) is 12.7. The predicted octanol–water partition coefficient (Wildman–Crippen LogP) is 3.25. The lowest BCUT2D eigenvalue weighted by Gasteiger charge is -2.30. The smallest absolute Gasteiger partial charge is 0.246 e. The summed E-state index contributed by atoms with van der Waals surface area (Å²) in [6.07, 6.45) is 4.88. The number of hydrogen-bond donors (Lipinski definition) is 1. The van der Waals surface area contributed by atoms with Gasteiger partial charge in [0.25, 0.3) is 0 Å². The van der Waals surface area contributed by atoms with Crippen LogP contribution < -0.4 is 5.32 Å². The molecule has 2 amide bonds.